The summed E-state index contributed by atoms with van der Waals surface area (Å²) < 4.78 is 20.8. The molecule has 1 aliphatic rings. The summed E-state index contributed by atoms with van der Waals surface area (Å²) in [7, 11) is 0. The van der Waals surface area contributed by atoms with Gasteiger partial charge in [-0.2, -0.15) is 0 Å². The smallest absolute Gasteiger partial charge is 0.244 e. The number of ether oxygens (including phenoxy) is 1. The summed E-state index contributed by atoms with van der Waals surface area (Å²) >= 11 is 0. The molecule has 0 N–H and O–H groups in total. The Morgan fingerprint density at radius 1 is 1.12 bits per heavy atom. The predicted molar refractivity (Wildman–Crippen MR) is 121 cm³/mol. The van der Waals surface area contributed by atoms with E-state index < -0.39 is 0 Å². The number of rotatable bonds is 5. The van der Waals surface area contributed by atoms with Crippen LogP contribution in [0.5, 0.6) is 0 Å². The average Bonchev–Trinajstić information content (AvgIpc) is 3.23. The third kappa shape index (κ3) is 4.75. The molecule has 4 aromatic rings. The number of aromatic nitrogens is 4. The molecule has 5 rings (SSSR count). The number of amides is 1. The van der Waals surface area contributed by atoms with Crippen molar-refractivity contribution in [1.29, 1.82) is 0 Å². The molecule has 1 fully saturated rings. The Bertz CT molecular complexity index is 1290. The Kier molecular flexibility index (Phi) is 5.83. The van der Waals surface area contributed by atoms with E-state index in [4.69, 9.17) is 4.74 Å². The molecule has 33 heavy (non-hydrogen) atoms. The van der Waals surface area contributed by atoms with Gasteiger partial charge in [0.2, 0.25) is 5.91 Å². The van der Waals surface area contributed by atoms with Crippen LogP contribution in [-0.4, -0.2) is 50.5 Å². The van der Waals surface area contributed by atoms with E-state index in [9.17, 15) is 9.18 Å². The van der Waals surface area contributed by atoms with Crippen molar-refractivity contribution in [2.45, 2.75) is 26.0 Å². The van der Waals surface area contributed by atoms with Crippen LogP contribution in [0.2, 0.25) is 0 Å². The van der Waals surface area contributed by atoms with E-state index in [-0.39, 0.29) is 24.4 Å². The van der Waals surface area contributed by atoms with Gasteiger partial charge in [-0.3, -0.25) is 9.78 Å². The number of carbonyl (C=O) groups is 1. The number of benzene rings is 2. The number of hydrogen-bond acceptors (Lipinski definition) is 5. The number of fused-ring (bicyclic) bond motifs is 1. The van der Waals surface area contributed by atoms with Crippen molar-refractivity contribution in [2.75, 3.05) is 19.7 Å². The number of nitrogens with zero attached hydrogens (tertiary/aromatic N) is 5. The lowest BCUT2D eigenvalue weighted by Crippen LogP contribution is -2.44. The SMILES string of the molecule is Cc1cc(Cc2ccc(F)cc2)cc([C@H]2CN(C(=O)Cn3nnc4ccccc43)CCO2)n1. The summed E-state index contributed by atoms with van der Waals surface area (Å²) in [5.74, 6) is -0.275. The zero-order valence-electron chi connectivity index (χ0n) is 18.3. The second kappa shape index (κ2) is 9.07. The molecule has 168 valence electrons. The minimum atomic E-state index is -0.304. The normalized spacial score (nSPS) is 16.3. The number of pyridine rings is 1. The topological polar surface area (TPSA) is 73.1 Å². The average molecular weight is 445 g/mol. The maximum Gasteiger partial charge on any atom is 0.244 e. The van der Waals surface area contributed by atoms with Crippen LogP contribution in [0.25, 0.3) is 11.0 Å². The molecular weight excluding hydrogens is 421 g/mol. The molecule has 0 spiro atoms. The summed E-state index contributed by atoms with van der Waals surface area (Å²) in [5.41, 5.74) is 5.38. The number of halogens is 1. The van der Waals surface area contributed by atoms with Crippen molar-refractivity contribution < 1.29 is 13.9 Å². The summed E-state index contributed by atoms with van der Waals surface area (Å²) in [6, 6.07) is 18.1. The third-order valence-electron chi connectivity index (χ3n) is 5.81. The predicted octanol–water partition coefficient (Wildman–Crippen LogP) is 3.46. The molecule has 7 nitrogen and oxygen atoms in total. The highest BCUT2D eigenvalue weighted by atomic mass is 19.1. The lowest BCUT2D eigenvalue weighted by atomic mass is 10.0. The standard InChI is InChI=1S/C25H24FN5O2/c1-17-12-19(13-18-6-8-20(26)9-7-18)14-22(27-17)24-15-30(10-11-33-24)25(32)16-31-23-5-3-2-4-21(23)28-29-31/h2-9,12,14,24H,10-11,13,15-16H2,1H3/t24-/m1/s1. The second-order valence-corrected chi connectivity index (χ2v) is 8.28. The van der Waals surface area contributed by atoms with Gasteiger partial charge >= 0.3 is 0 Å². The van der Waals surface area contributed by atoms with Crippen molar-refractivity contribution in [2.24, 2.45) is 0 Å². The molecule has 1 saturated heterocycles. The van der Waals surface area contributed by atoms with Crippen molar-refractivity contribution in [3.63, 3.8) is 0 Å². The monoisotopic (exact) mass is 445 g/mol. The van der Waals surface area contributed by atoms with E-state index in [1.165, 1.54) is 12.1 Å². The molecule has 0 unspecified atom stereocenters. The van der Waals surface area contributed by atoms with Crippen LogP contribution in [0.4, 0.5) is 4.39 Å². The minimum Gasteiger partial charge on any atom is -0.368 e. The van der Waals surface area contributed by atoms with Crippen molar-refractivity contribution in [3.05, 3.63) is 89.0 Å². The van der Waals surface area contributed by atoms with E-state index in [0.29, 0.717) is 26.1 Å². The lowest BCUT2D eigenvalue weighted by Gasteiger charge is -2.33. The van der Waals surface area contributed by atoms with Crippen LogP contribution >= 0.6 is 0 Å². The van der Waals surface area contributed by atoms with Gasteiger partial charge < -0.3 is 9.64 Å². The number of para-hydroxylation sites is 1. The molecule has 0 aliphatic carbocycles. The highest BCUT2D eigenvalue weighted by Crippen LogP contribution is 2.24. The quantitative estimate of drug-likeness (QED) is 0.470. The van der Waals surface area contributed by atoms with Gasteiger partial charge in [-0.1, -0.05) is 29.5 Å². The van der Waals surface area contributed by atoms with Crippen molar-refractivity contribution in [1.82, 2.24) is 24.9 Å². The number of aryl methyl sites for hydroxylation is 1. The Morgan fingerprint density at radius 2 is 1.94 bits per heavy atom. The van der Waals surface area contributed by atoms with E-state index >= 15 is 0 Å². The van der Waals surface area contributed by atoms with Gasteiger partial charge in [-0.05, 0) is 60.9 Å². The highest BCUT2D eigenvalue weighted by Gasteiger charge is 2.27. The summed E-state index contributed by atoms with van der Waals surface area (Å²) in [6.07, 6.45) is 0.368. The zero-order valence-corrected chi connectivity index (χ0v) is 18.3. The molecule has 0 radical (unpaired) electrons. The van der Waals surface area contributed by atoms with E-state index in [1.807, 2.05) is 43.3 Å². The first-order chi connectivity index (χ1) is 16.0. The first-order valence-electron chi connectivity index (χ1n) is 10.9. The molecule has 2 aromatic carbocycles. The maximum atomic E-state index is 13.2. The summed E-state index contributed by atoms with van der Waals surface area (Å²) in [4.78, 5) is 19.5. The van der Waals surface area contributed by atoms with E-state index in [0.717, 1.165) is 33.5 Å². The van der Waals surface area contributed by atoms with Gasteiger partial charge in [0.1, 0.15) is 24.0 Å². The Hall–Kier alpha value is -3.65. The van der Waals surface area contributed by atoms with Crippen LogP contribution in [0.3, 0.4) is 0 Å². The third-order valence-corrected chi connectivity index (χ3v) is 5.81. The first-order valence-corrected chi connectivity index (χ1v) is 10.9. The Morgan fingerprint density at radius 3 is 2.79 bits per heavy atom. The van der Waals surface area contributed by atoms with Gasteiger partial charge in [0.15, 0.2) is 0 Å². The van der Waals surface area contributed by atoms with Crippen LogP contribution in [0.1, 0.15) is 28.6 Å². The van der Waals surface area contributed by atoms with Crippen LogP contribution in [-0.2, 0) is 22.5 Å². The van der Waals surface area contributed by atoms with Gasteiger partial charge in [0.05, 0.1) is 24.4 Å². The largest absolute Gasteiger partial charge is 0.368 e. The first kappa shape index (κ1) is 21.2. The van der Waals surface area contributed by atoms with Gasteiger partial charge in [-0.15, -0.1) is 5.10 Å². The molecule has 1 amide bonds. The Balaban J connectivity index is 1.30. The molecule has 1 aliphatic heterocycles. The van der Waals surface area contributed by atoms with Gasteiger partial charge in [-0.25, -0.2) is 9.07 Å². The summed E-state index contributed by atoms with van der Waals surface area (Å²) in [5, 5.41) is 8.25. The number of hydrogen-bond donors (Lipinski definition) is 0. The molecule has 8 heteroatoms. The maximum absolute atomic E-state index is 13.2. The zero-order chi connectivity index (χ0) is 22.8. The molecule has 1 atom stereocenters. The van der Waals surface area contributed by atoms with Gasteiger partial charge in [0.25, 0.3) is 0 Å². The Labute approximate surface area is 190 Å². The van der Waals surface area contributed by atoms with Crippen molar-refractivity contribution in [3.8, 4) is 0 Å². The summed E-state index contributed by atoms with van der Waals surface area (Å²) in [6.45, 7) is 3.47. The fraction of sp³-hybridized carbons (Fsp3) is 0.280. The van der Waals surface area contributed by atoms with E-state index in [1.54, 1.807) is 21.7 Å². The van der Waals surface area contributed by atoms with Gasteiger partial charge in [0, 0.05) is 12.2 Å². The number of carbonyl (C=O) groups excluding carboxylic acids is 1. The molecule has 3 heterocycles. The number of morpholine rings is 1. The highest BCUT2D eigenvalue weighted by molar-refractivity contribution is 5.80. The molecule has 0 bridgehead atoms. The van der Waals surface area contributed by atoms with Crippen molar-refractivity contribution >= 4 is 16.9 Å². The fourth-order valence-electron chi connectivity index (χ4n) is 4.19. The van der Waals surface area contributed by atoms with E-state index in [2.05, 4.69) is 15.3 Å². The van der Waals surface area contributed by atoms with Crippen LogP contribution in [0, 0.1) is 12.7 Å². The molecule has 0 saturated carbocycles. The lowest BCUT2D eigenvalue weighted by molar-refractivity contribution is -0.140. The molecular formula is C25H24FN5O2. The molecule has 2 aromatic heterocycles. The fourth-order valence-corrected chi connectivity index (χ4v) is 4.19. The second-order valence-electron chi connectivity index (χ2n) is 8.28. The minimum absolute atomic E-state index is 0.0295. The van der Waals surface area contributed by atoms with Crippen LogP contribution < -0.4 is 0 Å². The van der Waals surface area contributed by atoms with Crippen LogP contribution in [0.15, 0.2) is 60.7 Å².